The molecule has 1 aromatic rings. The molecule has 1 heterocycles. The van der Waals surface area contributed by atoms with Crippen molar-refractivity contribution in [1.82, 2.24) is 10.2 Å². The van der Waals surface area contributed by atoms with Crippen LogP contribution in [0.25, 0.3) is 0 Å². The van der Waals surface area contributed by atoms with Gasteiger partial charge in [0.1, 0.15) is 0 Å². The SMILES string of the molecule is CCCNC(CN1CCCOCC1)c1cc(C)cc(C)c1. The lowest BCUT2D eigenvalue weighted by Crippen LogP contribution is -2.37. The molecule has 0 aliphatic carbocycles. The molecule has 1 aliphatic heterocycles. The zero-order valence-corrected chi connectivity index (χ0v) is 13.8. The molecule has 3 nitrogen and oxygen atoms in total. The minimum atomic E-state index is 0.418. The van der Waals surface area contributed by atoms with Crippen LogP contribution in [-0.2, 0) is 4.74 Å². The number of hydrogen-bond acceptors (Lipinski definition) is 3. The Hall–Kier alpha value is -0.900. The Morgan fingerprint density at radius 3 is 2.62 bits per heavy atom. The average Bonchev–Trinajstić information content (AvgIpc) is 2.71. The van der Waals surface area contributed by atoms with Crippen LogP contribution < -0.4 is 5.32 Å². The molecule has 3 heteroatoms. The molecule has 0 amide bonds. The third-order valence-corrected chi connectivity index (χ3v) is 4.04. The third-order valence-electron chi connectivity index (χ3n) is 4.04. The van der Waals surface area contributed by atoms with E-state index in [9.17, 15) is 0 Å². The van der Waals surface area contributed by atoms with Crippen molar-refractivity contribution in [3.05, 3.63) is 34.9 Å². The van der Waals surface area contributed by atoms with Crippen LogP contribution in [-0.4, -0.2) is 44.3 Å². The van der Waals surface area contributed by atoms with Crippen LogP contribution in [0.5, 0.6) is 0 Å². The summed E-state index contributed by atoms with van der Waals surface area (Å²) in [6.45, 7) is 12.7. The number of hydrogen-bond donors (Lipinski definition) is 1. The molecule has 0 saturated carbocycles. The van der Waals surface area contributed by atoms with Crippen LogP contribution in [0.1, 0.15) is 42.5 Å². The highest BCUT2D eigenvalue weighted by Crippen LogP contribution is 2.19. The molecule has 1 saturated heterocycles. The fourth-order valence-electron chi connectivity index (χ4n) is 3.06. The van der Waals surface area contributed by atoms with Crippen molar-refractivity contribution < 1.29 is 4.74 Å². The van der Waals surface area contributed by atoms with Gasteiger partial charge < -0.3 is 10.1 Å². The van der Waals surface area contributed by atoms with Crippen molar-refractivity contribution in [3.8, 4) is 0 Å². The van der Waals surface area contributed by atoms with Crippen LogP contribution >= 0.6 is 0 Å². The summed E-state index contributed by atoms with van der Waals surface area (Å²) in [4.78, 5) is 2.54. The first kappa shape index (κ1) is 16.5. The molecule has 1 N–H and O–H groups in total. The van der Waals surface area contributed by atoms with E-state index in [0.29, 0.717) is 6.04 Å². The molecule has 118 valence electrons. The number of aryl methyl sites for hydroxylation is 2. The molecule has 0 bridgehead atoms. The summed E-state index contributed by atoms with van der Waals surface area (Å²) in [5.74, 6) is 0. The van der Waals surface area contributed by atoms with Gasteiger partial charge >= 0.3 is 0 Å². The van der Waals surface area contributed by atoms with Crippen LogP contribution in [0.3, 0.4) is 0 Å². The van der Waals surface area contributed by atoms with Crippen LogP contribution in [0.4, 0.5) is 0 Å². The van der Waals surface area contributed by atoms with Crippen LogP contribution in [0, 0.1) is 13.8 Å². The van der Waals surface area contributed by atoms with Gasteiger partial charge in [-0.3, -0.25) is 4.90 Å². The average molecular weight is 290 g/mol. The topological polar surface area (TPSA) is 24.5 Å². The molecule has 1 unspecified atom stereocenters. The minimum absolute atomic E-state index is 0.418. The maximum Gasteiger partial charge on any atom is 0.0593 e. The monoisotopic (exact) mass is 290 g/mol. The molecule has 1 aliphatic rings. The quantitative estimate of drug-likeness (QED) is 0.871. The highest BCUT2D eigenvalue weighted by atomic mass is 16.5. The van der Waals surface area contributed by atoms with E-state index in [1.54, 1.807) is 0 Å². The largest absolute Gasteiger partial charge is 0.380 e. The molecule has 21 heavy (non-hydrogen) atoms. The zero-order valence-electron chi connectivity index (χ0n) is 13.8. The third kappa shape index (κ3) is 5.42. The van der Waals surface area contributed by atoms with Gasteiger partial charge in [0.15, 0.2) is 0 Å². The van der Waals surface area contributed by atoms with E-state index in [4.69, 9.17) is 4.74 Å². The van der Waals surface area contributed by atoms with Gasteiger partial charge in [-0.2, -0.15) is 0 Å². The van der Waals surface area contributed by atoms with Crippen LogP contribution in [0.15, 0.2) is 18.2 Å². The predicted octanol–water partition coefficient (Wildman–Crippen LogP) is 3.07. The van der Waals surface area contributed by atoms with E-state index in [0.717, 1.165) is 45.8 Å². The van der Waals surface area contributed by atoms with Gasteiger partial charge in [-0.15, -0.1) is 0 Å². The van der Waals surface area contributed by atoms with Gasteiger partial charge in [-0.25, -0.2) is 0 Å². The number of rotatable bonds is 6. The maximum absolute atomic E-state index is 5.57. The lowest BCUT2D eigenvalue weighted by atomic mass is 10.0. The molecular weight excluding hydrogens is 260 g/mol. The van der Waals surface area contributed by atoms with Crippen LogP contribution in [0.2, 0.25) is 0 Å². The Morgan fingerprint density at radius 1 is 1.14 bits per heavy atom. The number of nitrogens with zero attached hydrogens (tertiary/aromatic N) is 1. The first-order chi connectivity index (χ1) is 10.2. The van der Waals surface area contributed by atoms with E-state index >= 15 is 0 Å². The van der Waals surface area contributed by atoms with E-state index < -0.39 is 0 Å². The predicted molar refractivity (Wildman–Crippen MR) is 88.8 cm³/mol. The molecule has 1 aromatic carbocycles. The van der Waals surface area contributed by atoms with Gasteiger partial charge in [-0.05, 0) is 38.8 Å². The van der Waals surface area contributed by atoms with E-state index in [1.165, 1.54) is 23.1 Å². The summed E-state index contributed by atoms with van der Waals surface area (Å²) in [6, 6.07) is 7.32. The first-order valence-electron chi connectivity index (χ1n) is 8.30. The highest BCUT2D eigenvalue weighted by molar-refractivity contribution is 5.31. The molecule has 1 atom stereocenters. The minimum Gasteiger partial charge on any atom is -0.380 e. The number of benzene rings is 1. The number of ether oxygens (including phenoxy) is 1. The lowest BCUT2D eigenvalue weighted by molar-refractivity contribution is 0.139. The smallest absolute Gasteiger partial charge is 0.0593 e. The van der Waals surface area contributed by atoms with Crippen molar-refractivity contribution in [2.45, 2.75) is 39.7 Å². The molecule has 0 spiro atoms. The second-order valence-electron chi connectivity index (χ2n) is 6.19. The Bertz CT molecular complexity index is 405. The van der Waals surface area contributed by atoms with Gasteiger partial charge in [0.2, 0.25) is 0 Å². The Kier molecular flexibility index (Phi) is 6.68. The fraction of sp³-hybridized carbons (Fsp3) is 0.667. The van der Waals surface area contributed by atoms with Crippen molar-refractivity contribution in [2.24, 2.45) is 0 Å². The molecule has 0 aromatic heterocycles. The summed E-state index contributed by atoms with van der Waals surface area (Å²) in [5, 5.41) is 3.73. The van der Waals surface area contributed by atoms with Crippen molar-refractivity contribution in [2.75, 3.05) is 39.4 Å². The van der Waals surface area contributed by atoms with Gasteiger partial charge in [0.05, 0.1) is 6.61 Å². The van der Waals surface area contributed by atoms with Crippen molar-refractivity contribution in [3.63, 3.8) is 0 Å². The van der Waals surface area contributed by atoms with Gasteiger partial charge in [-0.1, -0.05) is 36.2 Å². The van der Waals surface area contributed by atoms with Gasteiger partial charge in [0.25, 0.3) is 0 Å². The van der Waals surface area contributed by atoms with Gasteiger partial charge in [0, 0.05) is 32.3 Å². The molecule has 0 radical (unpaired) electrons. The summed E-state index contributed by atoms with van der Waals surface area (Å²) < 4.78 is 5.57. The second kappa shape index (κ2) is 8.52. The maximum atomic E-state index is 5.57. The summed E-state index contributed by atoms with van der Waals surface area (Å²) in [5.41, 5.74) is 4.13. The zero-order chi connectivity index (χ0) is 15.1. The summed E-state index contributed by atoms with van der Waals surface area (Å²) in [7, 11) is 0. The Balaban J connectivity index is 2.08. The number of nitrogens with one attached hydrogen (secondary N) is 1. The van der Waals surface area contributed by atoms with E-state index in [1.807, 2.05) is 0 Å². The first-order valence-corrected chi connectivity index (χ1v) is 8.30. The van der Waals surface area contributed by atoms with E-state index in [2.05, 4.69) is 49.2 Å². The normalized spacial score (nSPS) is 18.4. The Morgan fingerprint density at radius 2 is 1.90 bits per heavy atom. The summed E-state index contributed by atoms with van der Waals surface area (Å²) >= 11 is 0. The second-order valence-corrected chi connectivity index (χ2v) is 6.19. The fourth-order valence-corrected chi connectivity index (χ4v) is 3.06. The molecular formula is C18H30N2O. The molecule has 2 rings (SSSR count). The Labute approximate surface area is 129 Å². The van der Waals surface area contributed by atoms with E-state index in [-0.39, 0.29) is 0 Å². The van der Waals surface area contributed by atoms with Crippen molar-refractivity contribution >= 4 is 0 Å². The van der Waals surface area contributed by atoms with Crippen molar-refractivity contribution in [1.29, 1.82) is 0 Å². The summed E-state index contributed by atoms with van der Waals surface area (Å²) in [6.07, 6.45) is 2.32. The lowest BCUT2D eigenvalue weighted by Gasteiger charge is -2.27. The molecule has 1 fully saturated rings. The standard InChI is InChI=1S/C18H30N2O/c1-4-6-19-18(14-20-7-5-9-21-10-8-20)17-12-15(2)11-16(3)13-17/h11-13,18-19H,4-10,14H2,1-3H3. The highest BCUT2D eigenvalue weighted by Gasteiger charge is 2.17.